The van der Waals surface area contributed by atoms with Crippen LogP contribution in [0.3, 0.4) is 0 Å². The van der Waals surface area contributed by atoms with E-state index in [4.69, 9.17) is 9.47 Å². The summed E-state index contributed by atoms with van der Waals surface area (Å²) in [4.78, 5) is 15.5. The number of hydrogen-bond donors (Lipinski definition) is 1. The number of esters is 1. The highest BCUT2D eigenvalue weighted by Crippen LogP contribution is 2.41. The molecule has 0 bridgehead atoms. The summed E-state index contributed by atoms with van der Waals surface area (Å²) in [5.74, 6) is 0.973. The van der Waals surface area contributed by atoms with Crippen LogP contribution in [-0.4, -0.2) is 48.8 Å². The zero-order valence-corrected chi connectivity index (χ0v) is 20.5. The fraction of sp³-hybridized carbons (Fsp3) is 0.536. The van der Waals surface area contributed by atoms with Crippen LogP contribution in [-0.2, 0) is 4.79 Å². The number of nitrogens with zero attached hydrogens (tertiary/aromatic N) is 1. The van der Waals surface area contributed by atoms with Crippen LogP contribution in [0.4, 0.5) is 0 Å². The number of carbonyl (C=O) groups is 1. The second-order valence-corrected chi connectivity index (χ2v) is 10.1. The number of para-hydroxylation sites is 1. The molecule has 0 spiro atoms. The molecular weight excluding hydrogens is 414 g/mol. The van der Waals surface area contributed by atoms with Gasteiger partial charge in [-0.25, -0.2) is 0 Å². The summed E-state index contributed by atoms with van der Waals surface area (Å²) < 4.78 is 11.6. The van der Waals surface area contributed by atoms with E-state index in [0.717, 1.165) is 37.1 Å². The van der Waals surface area contributed by atoms with Gasteiger partial charge in [-0.1, -0.05) is 57.0 Å². The van der Waals surface area contributed by atoms with Gasteiger partial charge in [0, 0.05) is 12.5 Å². The van der Waals surface area contributed by atoms with E-state index in [1.807, 2.05) is 56.6 Å². The van der Waals surface area contributed by atoms with Crippen LogP contribution >= 0.6 is 0 Å². The Morgan fingerprint density at radius 2 is 1.76 bits per heavy atom. The van der Waals surface area contributed by atoms with Crippen molar-refractivity contribution in [1.82, 2.24) is 4.90 Å². The number of aliphatic hydroxyl groups is 1. The molecule has 3 rings (SSSR count). The number of hydrogen-bond acceptors (Lipinski definition) is 5. The summed E-state index contributed by atoms with van der Waals surface area (Å²) in [6.45, 7) is 5.67. The smallest absolute Gasteiger partial charge is 0.318 e. The zero-order valence-electron chi connectivity index (χ0n) is 20.5. The molecule has 0 amide bonds. The molecule has 0 saturated heterocycles. The average Bonchev–Trinajstić information content (AvgIpc) is 2.78. The first-order chi connectivity index (χ1) is 15.8. The first kappa shape index (κ1) is 25.3. The summed E-state index contributed by atoms with van der Waals surface area (Å²) in [6, 6.07) is 16.8. The van der Waals surface area contributed by atoms with Crippen molar-refractivity contribution in [2.45, 2.75) is 57.5 Å². The minimum Gasteiger partial charge on any atom is -0.493 e. The van der Waals surface area contributed by atoms with E-state index >= 15 is 0 Å². The molecular formula is C28H39NO4. The molecule has 1 aliphatic rings. The van der Waals surface area contributed by atoms with Gasteiger partial charge in [0.05, 0.1) is 18.1 Å². The van der Waals surface area contributed by atoms with Crippen molar-refractivity contribution in [3.05, 3.63) is 60.2 Å². The average molecular weight is 454 g/mol. The van der Waals surface area contributed by atoms with Crippen molar-refractivity contribution in [3.63, 3.8) is 0 Å². The SMILES string of the molecule is CC(C)COc1ccc(C(CC2(O)CCCCC2CN(C)C)C(=O)Oc2ccccc2)cc1. The lowest BCUT2D eigenvalue weighted by Gasteiger charge is -2.43. The minimum atomic E-state index is -0.907. The molecule has 33 heavy (non-hydrogen) atoms. The lowest BCUT2D eigenvalue weighted by atomic mass is 9.70. The van der Waals surface area contributed by atoms with Gasteiger partial charge in [0.1, 0.15) is 11.5 Å². The van der Waals surface area contributed by atoms with Crippen LogP contribution < -0.4 is 9.47 Å². The lowest BCUT2D eigenvalue weighted by molar-refractivity contribution is -0.140. The molecule has 2 aromatic carbocycles. The van der Waals surface area contributed by atoms with Gasteiger partial charge >= 0.3 is 5.97 Å². The van der Waals surface area contributed by atoms with Crippen LogP contribution in [0.15, 0.2) is 54.6 Å². The van der Waals surface area contributed by atoms with E-state index in [2.05, 4.69) is 18.7 Å². The molecule has 3 unspecified atom stereocenters. The maximum absolute atomic E-state index is 13.4. The lowest BCUT2D eigenvalue weighted by Crippen LogP contribution is -2.47. The first-order valence-corrected chi connectivity index (χ1v) is 12.1. The van der Waals surface area contributed by atoms with Gasteiger partial charge in [0.15, 0.2) is 0 Å². The first-order valence-electron chi connectivity index (χ1n) is 12.1. The van der Waals surface area contributed by atoms with Gasteiger partial charge in [0.2, 0.25) is 0 Å². The number of carbonyl (C=O) groups excluding carboxylic acids is 1. The fourth-order valence-corrected chi connectivity index (χ4v) is 4.69. The van der Waals surface area contributed by atoms with Crippen molar-refractivity contribution in [3.8, 4) is 11.5 Å². The molecule has 5 nitrogen and oxygen atoms in total. The summed E-state index contributed by atoms with van der Waals surface area (Å²) in [5.41, 5.74) is -0.0640. The summed E-state index contributed by atoms with van der Waals surface area (Å²) in [6.07, 6.45) is 4.11. The summed E-state index contributed by atoms with van der Waals surface area (Å²) >= 11 is 0. The second-order valence-electron chi connectivity index (χ2n) is 10.1. The molecule has 2 aromatic rings. The molecule has 0 aliphatic heterocycles. The Hall–Kier alpha value is -2.37. The molecule has 3 atom stereocenters. The van der Waals surface area contributed by atoms with Crippen LogP contribution in [0.25, 0.3) is 0 Å². The third-order valence-electron chi connectivity index (χ3n) is 6.43. The van der Waals surface area contributed by atoms with Crippen LogP contribution in [0.5, 0.6) is 11.5 Å². The zero-order chi connectivity index (χ0) is 23.8. The standard InChI is InChI=1S/C28H39NO4/c1-21(2)20-32-24-15-13-22(14-16-24)26(27(30)33-25-11-6-5-7-12-25)18-28(31)17-9-8-10-23(28)19-29(3)4/h5-7,11-16,21,23,26,31H,8-10,17-20H2,1-4H3. The Kier molecular flexibility index (Phi) is 8.93. The van der Waals surface area contributed by atoms with Gasteiger partial charge in [-0.15, -0.1) is 0 Å². The molecule has 1 aliphatic carbocycles. The normalized spacial score (nSPS) is 21.7. The Labute approximate surface area is 198 Å². The molecule has 0 radical (unpaired) electrons. The van der Waals surface area contributed by atoms with Crippen LogP contribution in [0, 0.1) is 11.8 Å². The van der Waals surface area contributed by atoms with E-state index < -0.39 is 11.5 Å². The van der Waals surface area contributed by atoms with E-state index in [1.54, 1.807) is 12.1 Å². The Bertz CT molecular complexity index is 865. The monoisotopic (exact) mass is 453 g/mol. The molecule has 180 valence electrons. The second kappa shape index (κ2) is 11.7. The van der Waals surface area contributed by atoms with Crippen LogP contribution in [0.2, 0.25) is 0 Å². The quantitative estimate of drug-likeness (QED) is 0.392. The third kappa shape index (κ3) is 7.31. The molecule has 0 aromatic heterocycles. The number of benzene rings is 2. The van der Waals surface area contributed by atoms with Gasteiger partial charge in [0.25, 0.3) is 0 Å². The Balaban J connectivity index is 1.85. The summed E-state index contributed by atoms with van der Waals surface area (Å²) in [5, 5.41) is 11.8. The molecule has 1 fully saturated rings. The number of rotatable bonds is 10. The maximum atomic E-state index is 13.4. The van der Waals surface area contributed by atoms with Gasteiger partial charge < -0.3 is 19.5 Å². The Morgan fingerprint density at radius 3 is 2.39 bits per heavy atom. The van der Waals surface area contributed by atoms with Crippen LogP contribution in [0.1, 0.15) is 57.4 Å². The van der Waals surface area contributed by atoms with Gasteiger partial charge in [-0.3, -0.25) is 4.79 Å². The maximum Gasteiger partial charge on any atom is 0.318 e. The highest BCUT2D eigenvalue weighted by Gasteiger charge is 2.43. The van der Waals surface area contributed by atoms with Crippen molar-refractivity contribution in [2.75, 3.05) is 27.2 Å². The molecule has 1 N–H and O–H groups in total. The summed E-state index contributed by atoms with van der Waals surface area (Å²) in [7, 11) is 4.07. The minimum absolute atomic E-state index is 0.127. The highest BCUT2D eigenvalue weighted by atomic mass is 16.5. The van der Waals surface area contributed by atoms with Crippen molar-refractivity contribution >= 4 is 5.97 Å². The van der Waals surface area contributed by atoms with Crippen molar-refractivity contribution < 1.29 is 19.4 Å². The van der Waals surface area contributed by atoms with E-state index in [9.17, 15) is 9.90 Å². The molecule has 0 heterocycles. The Morgan fingerprint density at radius 1 is 1.06 bits per heavy atom. The van der Waals surface area contributed by atoms with Crippen molar-refractivity contribution in [1.29, 1.82) is 0 Å². The highest BCUT2D eigenvalue weighted by molar-refractivity contribution is 5.80. The third-order valence-corrected chi connectivity index (χ3v) is 6.43. The molecule has 1 saturated carbocycles. The van der Waals surface area contributed by atoms with Gasteiger partial charge in [-0.2, -0.15) is 0 Å². The largest absolute Gasteiger partial charge is 0.493 e. The fourth-order valence-electron chi connectivity index (χ4n) is 4.69. The van der Waals surface area contributed by atoms with E-state index in [1.165, 1.54) is 0 Å². The predicted molar refractivity (Wildman–Crippen MR) is 132 cm³/mol. The molecule has 5 heteroatoms. The van der Waals surface area contributed by atoms with E-state index in [-0.39, 0.29) is 11.9 Å². The van der Waals surface area contributed by atoms with Gasteiger partial charge in [-0.05, 0) is 69.1 Å². The topological polar surface area (TPSA) is 59.0 Å². The van der Waals surface area contributed by atoms with Crippen molar-refractivity contribution in [2.24, 2.45) is 11.8 Å². The predicted octanol–water partition coefficient (Wildman–Crippen LogP) is 5.28. The van der Waals surface area contributed by atoms with E-state index in [0.29, 0.717) is 31.1 Å². The number of ether oxygens (including phenoxy) is 2.